The van der Waals surface area contributed by atoms with Crippen LogP contribution in [0.4, 0.5) is 5.13 Å². The van der Waals surface area contributed by atoms with Gasteiger partial charge in [0, 0.05) is 11.3 Å². The molecule has 0 amide bonds. The van der Waals surface area contributed by atoms with E-state index >= 15 is 0 Å². The summed E-state index contributed by atoms with van der Waals surface area (Å²) >= 11 is 9.00. The van der Waals surface area contributed by atoms with Crippen LogP contribution in [-0.2, 0) is 4.74 Å². The van der Waals surface area contributed by atoms with Crippen LogP contribution < -0.4 is 5.32 Å². The first-order valence-electron chi connectivity index (χ1n) is 6.05. The van der Waals surface area contributed by atoms with Gasteiger partial charge in [0.15, 0.2) is 15.2 Å². The van der Waals surface area contributed by atoms with Gasteiger partial charge in [-0.2, -0.15) is 11.8 Å². The molecule has 1 heterocycles. The average Bonchev–Trinajstić information content (AvgIpc) is 2.81. The molecule has 19 heavy (non-hydrogen) atoms. The molecule has 1 N–H and O–H groups in total. The molecule has 0 bridgehead atoms. The highest BCUT2D eigenvalue weighted by Crippen LogP contribution is 2.32. The molecule has 7 heteroatoms. The monoisotopic (exact) mass is 322 g/mol. The van der Waals surface area contributed by atoms with Crippen molar-refractivity contribution in [3.05, 3.63) is 10.0 Å². The van der Waals surface area contributed by atoms with Crippen molar-refractivity contribution in [3.8, 4) is 0 Å². The minimum atomic E-state index is -0.447. The molecule has 0 spiro atoms. The SMILES string of the molecule is CCC(CC)(CNc1nc(Cl)c(C(=O)OC)s1)SC. The van der Waals surface area contributed by atoms with Crippen LogP contribution >= 0.6 is 34.7 Å². The lowest BCUT2D eigenvalue weighted by atomic mass is 10.0. The van der Waals surface area contributed by atoms with E-state index in [-0.39, 0.29) is 9.90 Å². The maximum atomic E-state index is 11.4. The Hall–Kier alpha value is -0.460. The Balaban J connectivity index is 2.76. The van der Waals surface area contributed by atoms with Gasteiger partial charge in [-0.3, -0.25) is 0 Å². The minimum Gasteiger partial charge on any atom is -0.465 e. The number of rotatable bonds is 7. The zero-order valence-corrected chi connectivity index (χ0v) is 14.0. The molecule has 1 aromatic heterocycles. The molecule has 0 aliphatic rings. The molecule has 0 aliphatic carbocycles. The molecule has 0 aliphatic heterocycles. The molecule has 1 aromatic rings. The van der Waals surface area contributed by atoms with Crippen LogP contribution in [0, 0.1) is 0 Å². The van der Waals surface area contributed by atoms with E-state index in [4.69, 9.17) is 11.6 Å². The third-order valence-corrected chi connectivity index (χ3v) is 6.21. The smallest absolute Gasteiger partial charge is 0.351 e. The first-order chi connectivity index (χ1) is 9.01. The molecule has 0 saturated carbocycles. The Bertz CT molecular complexity index is 425. The Labute approximate surface area is 127 Å². The van der Waals surface area contributed by atoms with Crippen molar-refractivity contribution >= 4 is 45.8 Å². The predicted molar refractivity (Wildman–Crippen MR) is 83.8 cm³/mol. The number of ether oxygens (including phenoxy) is 1. The van der Waals surface area contributed by atoms with Gasteiger partial charge in [-0.25, -0.2) is 9.78 Å². The molecule has 0 fully saturated rings. The highest BCUT2D eigenvalue weighted by Gasteiger charge is 2.25. The molecule has 0 aromatic carbocycles. The molecule has 0 unspecified atom stereocenters. The summed E-state index contributed by atoms with van der Waals surface area (Å²) < 4.78 is 4.84. The number of carbonyl (C=O) groups excluding carboxylic acids is 1. The van der Waals surface area contributed by atoms with Crippen LogP contribution in [0.5, 0.6) is 0 Å². The van der Waals surface area contributed by atoms with Gasteiger partial charge in [0.05, 0.1) is 7.11 Å². The number of nitrogens with one attached hydrogen (secondary N) is 1. The second-order valence-corrected chi connectivity index (χ2v) is 6.71. The number of esters is 1. The molecule has 0 radical (unpaired) electrons. The minimum absolute atomic E-state index is 0.184. The zero-order chi connectivity index (χ0) is 14.5. The van der Waals surface area contributed by atoms with Crippen molar-refractivity contribution in [2.45, 2.75) is 31.4 Å². The summed E-state index contributed by atoms with van der Waals surface area (Å²) in [6, 6.07) is 0. The summed E-state index contributed by atoms with van der Waals surface area (Å²) in [4.78, 5) is 15.9. The van der Waals surface area contributed by atoms with Gasteiger partial charge in [0.1, 0.15) is 0 Å². The van der Waals surface area contributed by atoms with E-state index in [0.29, 0.717) is 10.0 Å². The fraction of sp³-hybridized carbons (Fsp3) is 0.667. The highest BCUT2D eigenvalue weighted by atomic mass is 35.5. The normalized spacial score (nSPS) is 11.4. The second kappa shape index (κ2) is 7.36. The number of thiazole rings is 1. The number of methoxy groups -OCH3 is 1. The quantitative estimate of drug-likeness (QED) is 0.771. The van der Waals surface area contributed by atoms with Crippen LogP contribution in [0.15, 0.2) is 0 Å². The van der Waals surface area contributed by atoms with Gasteiger partial charge < -0.3 is 10.1 Å². The van der Waals surface area contributed by atoms with E-state index in [0.717, 1.165) is 19.4 Å². The number of aromatic nitrogens is 1. The van der Waals surface area contributed by atoms with Crippen LogP contribution in [0.25, 0.3) is 0 Å². The van der Waals surface area contributed by atoms with E-state index in [1.165, 1.54) is 18.4 Å². The number of hydrogen-bond acceptors (Lipinski definition) is 6. The van der Waals surface area contributed by atoms with Gasteiger partial charge in [0.25, 0.3) is 0 Å². The third-order valence-electron chi connectivity index (χ3n) is 3.24. The van der Waals surface area contributed by atoms with Gasteiger partial charge in [-0.1, -0.05) is 36.8 Å². The number of nitrogens with zero attached hydrogens (tertiary/aromatic N) is 1. The molecule has 0 saturated heterocycles. The van der Waals surface area contributed by atoms with E-state index in [9.17, 15) is 4.79 Å². The fourth-order valence-electron chi connectivity index (χ4n) is 1.69. The second-order valence-electron chi connectivity index (χ2n) is 4.08. The van der Waals surface area contributed by atoms with Crippen molar-refractivity contribution in [1.29, 1.82) is 0 Å². The summed E-state index contributed by atoms with van der Waals surface area (Å²) in [6.07, 6.45) is 4.25. The molecule has 108 valence electrons. The Kier molecular flexibility index (Phi) is 6.42. The Morgan fingerprint density at radius 3 is 2.63 bits per heavy atom. The lowest BCUT2D eigenvalue weighted by Gasteiger charge is -2.29. The molecular formula is C12H19ClN2O2S2. The van der Waals surface area contributed by atoms with Crippen molar-refractivity contribution in [3.63, 3.8) is 0 Å². The van der Waals surface area contributed by atoms with E-state index < -0.39 is 5.97 Å². The summed E-state index contributed by atoms with van der Waals surface area (Å²) in [5.74, 6) is -0.447. The number of carbonyl (C=O) groups is 1. The Morgan fingerprint density at radius 1 is 1.53 bits per heavy atom. The highest BCUT2D eigenvalue weighted by molar-refractivity contribution is 8.00. The van der Waals surface area contributed by atoms with Crippen molar-refractivity contribution in [1.82, 2.24) is 4.98 Å². The van der Waals surface area contributed by atoms with Crippen molar-refractivity contribution in [2.75, 3.05) is 25.2 Å². The Morgan fingerprint density at radius 2 is 2.16 bits per heavy atom. The van der Waals surface area contributed by atoms with Crippen LogP contribution in [0.1, 0.15) is 36.4 Å². The first kappa shape index (κ1) is 16.6. The molecule has 4 nitrogen and oxygen atoms in total. The van der Waals surface area contributed by atoms with E-state index in [2.05, 4.69) is 35.1 Å². The lowest BCUT2D eigenvalue weighted by molar-refractivity contribution is 0.0606. The van der Waals surface area contributed by atoms with Gasteiger partial charge in [-0.05, 0) is 19.1 Å². The van der Waals surface area contributed by atoms with Crippen LogP contribution in [-0.4, -0.2) is 35.6 Å². The number of halogens is 1. The lowest BCUT2D eigenvalue weighted by Crippen LogP contribution is -2.31. The summed E-state index contributed by atoms with van der Waals surface area (Å²) in [7, 11) is 1.33. The predicted octanol–water partition coefficient (Wildman–Crippen LogP) is 3.92. The maximum Gasteiger partial charge on any atom is 0.351 e. The largest absolute Gasteiger partial charge is 0.465 e. The summed E-state index contributed by atoms with van der Waals surface area (Å²) in [5.41, 5.74) is 0. The van der Waals surface area contributed by atoms with Crippen LogP contribution in [0.2, 0.25) is 5.15 Å². The molecular weight excluding hydrogens is 304 g/mol. The van der Waals surface area contributed by atoms with E-state index in [1.807, 2.05) is 11.8 Å². The average molecular weight is 323 g/mol. The van der Waals surface area contributed by atoms with Crippen LogP contribution in [0.3, 0.4) is 0 Å². The molecule has 0 atom stereocenters. The number of thioether (sulfide) groups is 1. The standard InChI is InChI=1S/C12H19ClN2O2S2/c1-5-12(6-2,18-4)7-14-11-15-9(13)8(19-11)10(16)17-3/h5-7H2,1-4H3,(H,14,15). The molecule has 1 rings (SSSR count). The number of anilines is 1. The first-order valence-corrected chi connectivity index (χ1v) is 8.47. The number of hydrogen-bond donors (Lipinski definition) is 1. The third kappa shape index (κ3) is 4.00. The van der Waals surface area contributed by atoms with E-state index in [1.54, 1.807) is 0 Å². The summed E-state index contributed by atoms with van der Waals surface area (Å²) in [6.45, 7) is 5.15. The van der Waals surface area contributed by atoms with Crippen molar-refractivity contribution in [2.24, 2.45) is 0 Å². The van der Waals surface area contributed by atoms with Gasteiger partial charge >= 0.3 is 5.97 Å². The van der Waals surface area contributed by atoms with Crippen molar-refractivity contribution < 1.29 is 9.53 Å². The summed E-state index contributed by atoms with van der Waals surface area (Å²) in [5, 5.41) is 4.13. The van der Waals surface area contributed by atoms with Gasteiger partial charge in [-0.15, -0.1) is 0 Å². The maximum absolute atomic E-state index is 11.4. The fourth-order valence-corrected chi connectivity index (χ4v) is 3.59. The zero-order valence-electron chi connectivity index (χ0n) is 11.6. The topological polar surface area (TPSA) is 51.2 Å². The van der Waals surface area contributed by atoms with Gasteiger partial charge in [0.2, 0.25) is 0 Å².